The number of rotatable bonds is 6. The Kier molecular flexibility index (Phi) is 8.19. The second-order valence-electron chi connectivity index (χ2n) is 10.3. The number of morpholine rings is 1. The largest absolute Gasteiger partial charge is 0.381 e. The molecule has 5 rings (SSSR count). The fraction of sp³-hybridized carbons (Fsp3) is 0.593. The number of nitrogens with zero attached hydrogens (tertiary/aromatic N) is 4. The summed E-state index contributed by atoms with van der Waals surface area (Å²) in [5.74, 6) is 3.10. The average Bonchev–Trinajstić information content (AvgIpc) is 2.93. The van der Waals surface area contributed by atoms with E-state index in [0.29, 0.717) is 30.2 Å². The van der Waals surface area contributed by atoms with Crippen molar-refractivity contribution in [2.75, 3.05) is 74.3 Å². The second-order valence-corrected chi connectivity index (χ2v) is 10.7. The lowest BCUT2D eigenvalue weighted by atomic mass is 9.74. The van der Waals surface area contributed by atoms with E-state index in [2.05, 4.69) is 63.8 Å². The molecule has 36 heavy (non-hydrogen) atoms. The Morgan fingerprint density at radius 2 is 1.69 bits per heavy atom. The van der Waals surface area contributed by atoms with Crippen LogP contribution in [0.15, 0.2) is 36.4 Å². The molecule has 0 bridgehead atoms. The number of nitrogens with one attached hydrogen (secondary N) is 2. The molecule has 8 nitrogen and oxygen atoms in total. The first-order chi connectivity index (χ1) is 17.6. The molecule has 0 radical (unpaired) electrons. The minimum atomic E-state index is -0.00312. The maximum atomic E-state index is 5.74. The molecule has 3 aliphatic rings. The Morgan fingerprint density at radius 3 is 2.42 bits per heavy atom. The van der Waals surface area contributed by atoms with Crippen LogP contribution in [0.1, 0.15) is 38.2 Å². The molecule has 0 saturated carbocycles. The first-order valence-electron chi connectivity index (χ1n) is 13.3. The van der Waals surface area contributed by atoms with Gasteiger partial charge in [-0.3, -0.25) is 0 Å². The summed E-state index contributed by atoms with van der Waals surface area (Å²) in [5, 5.41) is 7.34. The summed E-state index contributed by atoms with van der Waals surface area (Å²) in [4.78, 5) is 14.4. The maximum absolute atomic E-state index is 5.74. The molecule has 1 atom stereocenters. The van der Waals surface area contributed by atoms with E-state index in [-0.39, 0.29) is 5.41 Å². The van der Waals surface area contributed by atoms with Crippen LogP contribution in [0.25, 0.3) is 0 Å². The molecule has 3 fully saturated rings. The molecule has 0 spiro atoms. The van der Waals surface area contributed by atoms with Crippen molar-refractivity contribution >= 4 is 34.9 Å². The third-order valence-electron chi connectivity index (χ3n) is 7.66. The number of hydrogen-bond acceptors (Lipinski definition) is 7. The standard InChI is InChI=1S/C27H38N6O2S/c1-21-6-5-11-33(19-21)24-18-23(32-12-16-35-17-13-32)29-25(30-24)31-26(36)28-20-27(9-14-34-15-10-27)22-7-3-2-4-8-22/h2-4,7-8,18,21H,5-6,9-17,19-20H2,1H3,(H2,28,29,30,31,36)/t21-/m1/s1. The minimum absolute atomic E-state index is 0.00312. The molecule has 0 amide bonds. The Balaban J connectivity index is 1.32. The summed E-state index contributed by atoms with van der Waals surface area (Å²) in [6.45, 7) is 9.71. The summed E-state index contributed by atoms with van der Waals surface area (Å²) >= 11 is 5.74. The van der Waals surface area contributed by atoms with Crippen LogP contribution in [0.4, 0.5) is 17.6 Å². The van der Waals surface area contributed by atoms with E-state index in [1.807, 2.05) is 0 Å². The van der Waals surface area contributed by atoms with Crippen molar-refractivity contribution in [2.24, 2.45) is 5.92 Å². The van der Waals surface area contributed by atoms with Gasteiger partial charge in [-0.15, -0.1) is 0 Å². The van der Waals surface area contributed by atoms with Gasteiger partial charge in [-0.2, -0.15) is 9.97 Å². The molecule has 4 heterocycles. The molecule has 9 heteroatoms. The van der Waals surface area contributed by atoms with Gasteiger partial charge in [0.25, 0.3) is 0 Å². The highest BCUT2D eigenvalue weighted by atomic mass is 32.1. The minimum Gasteiger partial charge on any atom is -0.381 e. The molecular formula is C27H38N6O2S. The SMILES string of the molecule is C[C@@H]1CCCN(c2cc(N3CCOCC3)nc(NC(=S)NCC3(c4ccccc4)CCOCC3)n2)C1. The van der Waals surface area contributed by atoms with Gasteiger partial charge in [-0.1, -0.05) is 37.3 Å². The lowest BCUT2D eigenvalue weighted by Gasteiger charge is -2.38. The summed E-state index contributed by atoms with van der Waals surface area (Å²) in [5.41, 5.74) is 1.33. The normalized spacial score (nSPS) is 22.2. The van der Waals surface area contributed by atoms with E-state index in [0.717, 1.165) is 70.4 Å². The van der Waals surface area contributed by atoms with Gasteiger partial charge in [-0.05, 0) is 49.4 Å². The van der Waals surface area contributed by atoms with Crippen molar-refractivity contribution in [1.82, 2.24) is 15.3 Å². The van der Waals surface area contributed by atoms with Crippen molar-refractivity contribution in [1.29, 1.82) is 0 Å². The van der Waals surface area contributed by atoms with Crippen LogP contribution < -0.4 is 20.4 Å². The van der Waals surface area contributed by atoms with E-state index >= 15 is 0 Å². The van der Waals surface area contributed by atoms with Crippen LogP contribution in [-0.2, 0) is 14.9 Å². The van der Waals surface area contributed by atoms with Gasteiger partial charge in [0.05, 0.1) is 13.2 Å². The second kappa shape index (κ2) is 11.7. The van der Waals surface area contributed by atoms with E-state index in [1.165, 1.54) is 18.4 Å². The fourth-order valence-corrected chi connectivity index (χ4v) is 5.67. The summed E-state index contributed by atoms with van der Waals surface area (Å²) in [6.07, 6.45) is 4.39. The number of hydrogen-bond donors (Lipinski definition) is 2. The fourth-order valence-electron chi connectivity index (χ4n) is 5.51. The summed E-state index contributed by atoms with van der Waals surface area (Å²) in [6, 6.07) is 12.8. The summed E-state index contributed by atoms with van der Waals surface area (Å²) < 4.78 is 11.2. The number of piperidine rings is 1. The van der Waals surface area contributed by atoms with Crippen LogP contribution in [0, 0.1) is 5.92 Å². The Morgan fingerprint density at radius 1 is 1.00 bits per heavy atom. The maximum Gasteiger partial charge on any atom is 0.232 e. The van der Waals surface area contributed by atoms with Crippen LogP contribution in [0.3, 0.4) is 0 Å². The van der Waals surface area contributed by atoms with E-state index < -0.39 is 0 Å². The van der Waals surface area contributed by atoms with Gasteiger partial charge in [0.1, 0.15) is 11.6 Å². The monoisotopic (exact) mass is 510 g/mol. The van der Waals surface area contributed by atoms with Gasteiger partial charge in [-0.25, -0.2) is 0 Å². The van der Waals surface area contributed by atoms with Crippen molar-refractivity contribution in [3.8, 4) is 0 Å². The molecule has 0 aliphatic carbocycles. The molecule has 3 saturated heterocycles. The van der Waals surface area contributed by atoms with Crippen molar-refractivity contribution in [2.45, 2.75) is 38.0 Å². The highest BCUT2D eigenvalue weighted by molar-refractivity contribution is 7.80. The third kappa shape index (κ3) is 6.07. The van der Waals surface area contributed by atoms with E-state index in [1.54, 1.807) is 0 Å². The topological polar surface area (TPSA) is 74.8 Å². The molecule has 1 aromatic heterocycles. The highest BCUT2D eigenvalue weighted by Gasteiger charge is 2.34. The van der Waals surface area contributed by atoms with Crippen LogP contribution in [0.2, 0.25) is 0 Å². The zero-order chi connectivity index (χ0) is 24.8. The first kappa shape index (κ1) is 25.2. The lowest BCUT2D eigenvalue weighted by molar-refractivity contribution is 0.0515. The highest BCUT2D eigenvalue weighted by Crippen LogP contribution is 2.34. The molecule has 2 aromatic rings. The number of aromatic nitrogens is 2. The van der Waals surface area contributed by atoms with Gasteiger partial charge in [0.2, 0.25) is 5.95 Å². The van der Waals surface area contributed by atoms with Crippen molar-refractivity contribution in [3.05, 3.63) is 42.0 Å². The predicted octanol–water partition coefficient (Wildman–Crippen LogP) is 3.58. The number of ether oxygens (including phenoxy) is 2. The number of thiocarbonyl (C=S) groups is 1. The Labute approximate surface area is 219 Å². The molecule has 3 aliphatic heterocycles. The molecule has 0 unspecified atom stereocenters. The van der Waals surface area contributed by atoms with Crippen molar-refractivity contribution < 1.29 is 9.47 Å². The first-order valence-corrected chi connectivity index (χ1v) is 13.7. The number of benzene rings is 1. The summed E-state index contributed by atoms with van der Waals surface area (Å²) in [7, 11) is 0. The van der Waals surface area contributed by atoms with Gasteiger partial charge in [0, 0.05) is 57.4 Å². The third-order valence-corrected chi connectivity index (χ3v) is 7.91. The average molecular weight is 511 g/mol. The number of anilines is 3. The Hall–Kier alpha value is -2.49. The zero-order valence-corrected chi connectivity index (χ0v) is 22.1. The molecule has 1 aromatic carbocycles. The van der Waals surface area contributed by atoms with Gasteiger partial charge in [0.15, 0.2) is 5.11 Å². The van der Waals surface area contributed by atoms with Crippen LogP contribution in [-0.4, -0.2) is 74.2 Å². The van der Waals surface area contributed by atoms with Crippen molar-refractivity contribution in [3.63, 3.8) is 0 Å². The molecular weight excluding hydrogens is 472 g/mol. The predicted molar refractivity (Wildman–Crippen MR) is 148 cm³/mol. The van der Waals surface area contributed by atoms with E-state index in [4.69, 9.17) is 31.7 Å². The van der Waals surface area contributed by atoms with Gasteiger partial charge >= 0.3 is 0 Å². The quantitative estimate of drug-likeness (QED) is 0.567. The Bertz CT molecular complexity index is 1010. The molecule has 194 valence electrons. The lowest BCUT2D eigenvalue weighted by Crippen LogP contribution is -2.45. The van der Waals surface area contributed by atoms with E-state index in [9.17, 15) is 0 Å². The van der Waals surface area contributed by atoms with Crippen LogP contribution in [0.5, 0.6) is 0 Å². The van der Waals surface area contributed by atoms with Crippen LogP contribution >= 0.6 is 12.2 Å². The zero-order valence-electron chi connectivity index (χ0n) is 21.2. The van der Waals surface area contributed by atoms with Gasteiger partial charge < -0.3 is 29.9 Å². The molecule has 2 N–H and O–H groups in total. The smallest absolute Gasteiger partial charge is 0.232 e.